The van der Waals surface area contributed by atoms with Gasteiger partial charge >= 0.3 is 0 Å². The van der Waals surface area contributed by atoms with Crippen LogP contribution in [0.25, 0.3) is 5.69 Å². The molecular formula is C21H26N4O2. The minimum Gasteiger partial charge on any atom is -0.375 e. The Morgan fingerprint density at radius 3 is 2.67 bits per heavy atom. The molecule has 0 unspecified atom stereocenters. The maximum Gasteiger partial charge on any atom is 0.134 e. The van der Waals surface area contributed by atoms with Crippen molar-refractivity contribution in [3.05, 3.63) is 47.3 Å². The highest BCUT2D eigenvalue weighted by Crippen LogP contribution is 2.62. The second kappa shape index (κ2) is 5.41. The molecule has 1 saturated carbocycles. The van der Waals surface area contributed by atoms with E-state index in [0.717, 1.165) is 37.9 Å². The van der Waals surface area contributed by atoms with E-state index in [0.29, 0.717) is 19.8 Å². The zero-order valence-corrected chi connectivity index (χ0v) is 15.5. The number of aromatic nitrogens is 2. The van der Waals surface area contributed by atoms with Crippen molar-refractivity contribution in [3.8, 4) is 5.69 Å². The minimum absolute atomic E-state index is 0.00731. The number of hydrogen-bond acceptors (Lipinski definition) is 5. The Hall–Kier alpha value is -1.73. The van der Waals surface area contributed by atoms with Crippen LogP contribution in [0.1, 0.15) is 36.2 Å². The molecule has 27 heavy (non-hydrogen) atoms. The predicted molar refractivity (Wildman–Crippen MR) is 101 cm³/mol. The summed E-state index contributed by atoms with van der Waals surface area (Å²) in [5.74, 6) is 0. The number of ether oxygens (including phenoxy) is 2. The molecule has 3 saturated heterocycles. The number of rotatable bonds is 5. The smallest absolute Gasteiger partial charge is 0.134 e. The van der Waals surface area contributed by atoms with Gasteiger partial charge in [0.15, 0.2) is 0 Å². The zero-order chi connectivity index (χ0) is 18.1. The SMILES string of the molecule is NCC12CC(NCc3nn(-c4ccccc4)c4c3CCC4)(C1)C1(COC1)O2. The fourth-order valence-corrected chi connectivity index (χ4v) is 5.74. The maximum absolute atomic E-state index is 6.42. The van der Waals surface area contributed by atoms with Crippen molar-refractivity contribution in [3.63, 3.8) is 0 Å². The minimum atomic E-state index is -0.183. The van der Waals surface area contributed by atoms with Gasteiger partial charge in [-0.3, -0.25) is 0 Å². The largest absolute Gasteiger partial charge is 0.375 e. The van der Waals surface area contributed by atoms with Crippen LogP contribution in [0, 0.1) is 0 Å². The maximum atomic E-state index is 6.42. The van der Waals surface area contributed by atoms with Gasteiger partial charge in [0.05, 0.1) is 35.7 Å². The molecule has 1 aromatic heterocycles. The summed E-state index contributed by atoms with van der Waals surface area (Å²) in [6.45, 7) is 2.74. The molecule has 0 amide bonds. The van der Waals surface area contributed by atoms with E-state index in [4.69, 9.17) is 20.3 Å². The van der Waals surface area contributed by atoms with Crippen molar-refractivity contribution >= 4 is 0 Å². The number of fused-ring (bicyclic) bond motifs is 1. The summed E-state index contributed by atoms with van der Waals surface area (Å²) in [4.78, 5) is 0. The molecule has 5 aliphatic rings. The predicted octanol–water partition coefficient (Wildman–Crippen LogP) is 1.48. The second-order valence-electron chi connectivity index (χ2n) is 8.74. The van der Waals surface area contributed by atoms with Crippen LogP contribution < -0.4 is 11.1 Å². The van der Waals surface area contributed by atoms with Crippen LogP contribution in [0.2, 0.25) is 0 Å². The van der Waals surface area contributed by atoms with Crippen molar-refractivity contribution in [2.45, 2.75) is 55.4 Å². The van der Waals surface area contributed by atoms with Crippen molar-refractivity contribution in [1.82, 2.24) is 15.1 Å². The lowest BCUT2D eigenvalue weighted by Gasteiger charge is -2.51. The van der Waals surface area contributed by atoms with Crippen LogP contribution in [0.3, 0.4) is 0 Å². The van der Waals surface area contributed by atoms with E-state index in [2.05, 4.69) is 40.3 Å². The van der Waals surface area contributed by atoms with E-state index in [9.17, 15) is 0 Å². The Morgan fingerprint density at radius 1 is 1.15 bits per heavy atom. The third-order valence-electron chi connectivity index (χ3n) is 7.18. The molecule has 1 aromatic carbocycles. The molecule has 6 heteroatoms. The van der Waals surface area contributed by atoms with Gasteiger partial charge in [-0.05, 0) is 49.8 Å². The molecule has 3 aliphatic heterocycles. The number of para-hydroxylation sites is 1. The lowest BCUT2D eigenvalue weighted by atomic mass is 9.61. The summed E-state index contributed by atoms with van der Waals surface area (Å²) in [5, 5.41) is 8.85. The lowest BCUT2D eigenvalue weighted by Crippen LogP contribution is -2.71. The van der Waals surface area contributed by atoms with Gasteiger partial charge in [0.1, 0.15) is 5.60 Å². The first-order valence-corrected chi connectivity index (χ1v) is 10.1. The fourth-order valence-electron chi connectivity index (χ4n) is 5.74. The molecule has 0 radical (unpaired) electrons. The van der Waals surface area contributed by atoms with Gasteiger partial charge in [0, 0.05) is 18.8 Å². The van der Waals surface area contributed by atoms with E-state index >= 15 is 0 Å². The standard InChI is InChI=1S/C21H26N4O2/c22-12-19-10-20(11-19,21(27-19)13-26-14-21)23-9-17-16-7-4-8-18(16)25(24-17)15-5-2-1-3-6-15/h1-3,5-6,23H,4,7-14,22H2. The summed E-state index contributed by atoms with van der Waals surface area (Å²) >= 11 is 0. The average molecular weight is 366 g/mol. The van der Waals surface area contributed by atoms with E-state index in [1.165, 1.54) is 23.4 Å². The van der Waals surface area contributed by atoms with Gasteiger partial charge in [-0.15, -0.1) is 0 Å². The number of benzene rings is 1. The first kappa shape index (κ1) is 16.2. The van der Waals surface area contributed by atoms with E-state index < -0.39 is 0 Å². The molecule has 0 atom stereocenters. The van der Waals surface area contributed by atoms with Crippen LogP contribution in [-0.2, 0) is 28.9 Å². The molecule has 1 spiro atoms. The van der Waals surface area contributed by atoms with Crippen molar-refractivity contribution < 1.29 is 9.47 Å². The van der Waals surface area contributed by atoms with Gasteiger partial charge in [0.25, 0.3) is 0 Å². The summed E-state index contributed by atoms with van der Waals surface area (Å²) in [6.07, 6.45) is 5.43. The Morgan fingerprint density at radius 2 is 1.96 bits per heavy atom. The van der Waals surface area contributed by atoms with Crippen LogP contribution >= 0.6 is 0 Å². The zero-order valence-electron chi connectivity index (χ0n) is 15.5. The van der Waals surface area contributed by atoms with E-state index in [1.54, 1.807) is 0 Å². The molecular weight excluding hydrogens is 340 g/mol. The summed E-state index contributed by atoms with van der Waals surface area (Å²) in [6, 6.07) is 10.5. The van der Waals surface area contributed by atoms with E-state index in [-0.39, 0.29) is 16.7 Å². The molecule has 142 valence electrons. The Balaban J connectivity index is 1.28. The quantitative estimate of drug-likeness (QED) is 0.838. The van der Waals surface area contributed by atoms with Gasteiger partial charge in [-0.1, -0.05) is 18.2 Å². The number of nitrogens with zero attached hydrogens (tertiary/aromatic N) is 2. The first-order valence-electron chi connectivity index (χ1n) is 10.1. The Labute approximate surface area is 159 Å². The molecule has 2 aromatic rings. The molecule has 4 fully saturated rings. The summed E-state index contributed by atoms with van der Waals surface area (Å²) in [7, 11) is 0. The molecule has 7 rings (SSSR count). The fraction of sp³-hybridized carbons (Fsp3) is 0.571. The highest BCUT2D eigenvalue weighted by atomic mass is 16.6. The Bertz CT molecular complexity index is 881. The van der Waals surface area contributed by atoms with Crippen LogP contribution in [-0.4, -0.2) is 46.3 Å². The third-order valence-corrected chi connectivity index (χ3v) is 7.18. The molecule has 4 heterocycles. The van der Waals surface area contributed by atoms with Gasteiger partial charge in [0.2, 0.25) is 0 Å². The number of nitrogens with one attached hydrogen (secondary N) is 1. The van der Waals surface area contributed by atoms with Gasteiger partial charge < -0.3 is 20.5 Å². The summed E-state index contributed by atoms with van der Waals surface area (Å²) < 4.78 is 14.1. The second-order valence-corrected chi connectivity index (χ2v) is 8.74. The normalized spacial score (nSPS) is 32.3. The molecule has 3 N–H and O–H groups in total. The summed E-state index contributed by atoms with van der Waals surface area (Å²) in [5.41, 5.74) is 10.8. The van der Waals surface area contributed by atoms with Crippen molar-refractivity contribution in [1.29, 1.82) is 0 Å². The topological polar surface area (TPSA) is 74.3 Å². The van der Waals surface area contributed by atoms with Gasteiger partial charge in [-0.2, -0.15) is 5.10 Å². The van der Waals surface area contributed by atoms with Crippen molar-refractivity contribution in [2.24, 2.45) is 5.73 Å². The van der Waals surface area contributed by atoms with E-state index in [1.807, 2.05) is 0 Å². The average Bonchev–Trinajstić information content (AvgIpc) is 3.36. The first-order chi connectivity index (χ1) is 13.2. The monoisotopic (exact) mass is 366 g/mol. The highest BCUT2D eigenvalue weighted by Gasteiger charge is 2.76. The van der Waals surface area contributed by atoms with Crippen LogP contribution in [0.4, 0.5) is 0 Å². The highest BCUT2D eigenvalue weighted by molar-refractivity contribution is 5.40. The van der Waals surface area contributed by atoms with Crippen LogP contribution in [0.5, 0.6) is 0 Å². The van der Waals surface area contributed by atoms with Gasteiger partial charge in [-0.25, -0.2) is 4.68 Å². The van der Waals surface area contributed by atoms with Crippen molar-refractivity contribution in [2.75, 3.05) is 19.8 Å². The third kappa shape index (κ3) is 2.07. The number of nitrogens with two attached hydrogens (primary N) is 1. The number of hydrogen-bond donors (Lipinski definition) is 2. The molecule has 6 nitrogen and oxygen atoms in total. The Kier molecular flexibility index (Phi) is 3.26. The molecule has 2 aliphatic carbocycles. The lowest BCUT2D eigenvalue weighted by molar-refractivity contribution is -0.207. The van der Waals surface area contributed by atoms with Crippen LogP contribution in [0.15, 0.2) is 30.3 Å². The molecule has 2 bridgehead atoms.